The van der Waals surface area contributed by atoms with E-state index in [1.54, 1.807) is 0 Å². The molecule has 5 heteroatoms. The van der Waals surface area contributed by atoms with E-state index in [9.17, 15) is 0 Å². The Morgan fingerprint density at radius 3 is 2.79 bits per heavy atom. The Bertz CT molecular complexity index is 385. The molecule has 1 saturated carbocycles. The van der Waals surface area contributed by atoms with Gasteiger partial charge < -0.3 is 10.7 Å². The first kappa shape index (κ1) is 14.1. The fourth-order valence-electron chi connectivity index (χ4n) is 2.81. The lowest BCUT2D eigenvalue weighted by Crippen LogP contribution is -2.22. The lowest BCUT2D eigenvalue weighted by Gasteiger charge is -2.27. The van der Waals surface area contributed by atoms with E-state index in [-0.39, 0.29) is 0 Å². The molecule has 0 spiro atoms. The molecule has 1 heterocycles. The summed E-state index contributed by atoms with van der Waals surface area (Å²) >= 11 is 0. The van der Waals surface area contributed by atoms with Crippen molar-refractivity contribution in [2.45, 2.75) is 46.0 Å². The van der Waals surface area contributed by atoms with Gasteiger partial charge in [0.2, 0.25) is 0 Å². The molecule has 2 atom stereocenters. The van der Waals surface area contributed by atoms with Crippen LogP contribution in [0.15, 0.2) is 6.07 Å². The lowest BCUT2D eigenvalue weighted by molar-refractivity contribution is 0.293. The number of hydrazine groups is 1. The summed E-state index contributed by atoms with van der Waals surface area (Å²) in [6.07, 6.45) is 6.19. The topological polar surface area (TPSA) is 75.9 Å². The molecule has 1 aliphatic carbocycles. The first-order chi connectivity index (χ1) is 9.21. The van der Waals surface area contributed by atoms with Gasteiger partial charge in [0.05, 0.1) is 0 Å². The summed E-state index contributed by atoms with van der Waals surface area (Å²) in [5.74, 6) is 9.41. The monoisotopic (exact) mass is 263 g/mol. The summed E-state index contributed by atoms with van der Waals surface area (Å²) in [6.45, 7) is 5.39. The Balaban J connectivity index is 1.94. The number of anilines is 2. The number of hydrogen-bond donors (Lipinski definition) is 3. The van der Waals surface area contributed by atoms with Crippen molar-refractivity contribution >= 4 is 11.6 Å². The quantitative estimate of drug-likeness (QED) is 0.562. The maximum Gasteiger partial charge on any atom is 0.145 e. The third-order valence-electron chi connectivity index (χ3n) is 3.85. The molecule has 0 bridgehead atoms. The van der Waals surface area contributed by atoms with Gasteiger partial charge in [0, 0.05) is 19.0 Å². The first-order valence-electron chi connectivity index (χ1n) is 7.29. The van der Waals surface area contributed by atoms with E-state index in [0.29, 0.717) is 5.82 Å². The fraction of sp³-hybridized carbons (Fsp3) is 0.714. The van der Waals surface area contributed by atoms with Gasteiger partial charge in [-0.2, -0.15) is 0 Å². The third-order valence-corrected chi connectivity index (χ3v) is 3.85. The van der Waals surface area contributed by atoms with Crippen LogP contribution in [-0.4, -0.2) is 16.5 Å². The van der Waals surface area contributed by atoms with E-state index in [1.165, 1.54) is 25.7 Å². The highest BCUT2D eigenvalue weighted by Crippen LogP contribution is 2.28. The molecule has 1 fully saturated rings. The molecule has 0 radical (unpaired) electrons. The lowest BCUT2D eigenvalue weighted by atomic mass is 9.82. The Hall–Kier alpha value is -1.36. The molecule has 19 heavy (non-hydrogen) atoms. The maximum absolute atomic E-state index is 5.43. The highest BCUT2D eigenvalue weighted by atomic mass is 15.3. The zero-order chi connectivity index (χ0) is 13.7. The van der Waals surface area contributed by atoms with Crippen molar-refractivity contribution < 1.29 is 0 Å². The van der Waals surface area contributed by atoms with Gasteiger partial charge in [-0.25, -0.2) is 15.8 Å². The van der Waals surface area contributed by atoms with Crippen LogP contribution in [0.2, 0.25) is 0 Å². The number of rotatable bonds is 5. The molecule has 2 rings (SSSR count). The van der Waals surface area contributed by atoms with Crippen molar-refractivity contribution in [2.75, 3.05) is 17.3 Å². The summed E-state index contributed by atoms with van der Waals surface area (Å²) in [4.78, 5) is 8.78. The van der Waals surface area contributed by atoms with Gasteiger partial charge in [0.15, 0.2) is 0 Å². The van der Waals surface area contributed by atoms with E-state index in [1.807, 2.05) is 13.0 Å². The van der Waals surface area contributed by atoms with Crippen LogP contribution in [0.25, 0.3) is 0 Å². The molecule has 1 aromatic rings. The predicted molar refractivity (Wildman–Crippen MR) is 78.8 cm³/mol. The molecule has 0 aromatic carbocycles. The van der Waals surface area contributed by atoms with Gasteiger partial charge in [-0.1, -0.05) is 26.7 Å². The van der Waals surface area contributed by atoms with Crippen LogP contribution in [0.5, 0.6) is 0 Å². The molecular weight excluding hydrogens is 238 g/mol. The minimum Gasteiger partial charge on any atom is -0.370 e. The van der Waals surface area contributed by atoms with E-state index in [4.69, 9.17) is 5.84 Å². The van der Waals surface area contributed by atoms with Crippen LogP contribution >= 0.6 is 0 Å². The molecule has 0 amide bonds. The number of nitrogens with zero attached hydrogens (tertiary/aromatic N) is 2. The minimum atomic E-state index is 0.673. The highest BCUT2D eigenvalue weighted by molar-refractivity contribution is 5.46. The standard InChI is InChI=1S/C14H25N5/c1-3-12-17-13(8-14(18-12)19-15)16-9-11-6-4-5-10(2)7-11/h8,10-11H,3-7,9,15H2,1-2H3,(H2,16,17,18,19). The minimum absolute atomic E-state index is 0.673. The van der Waals surface area contributed by atoms with Crippen LogP contribution in [0, 0.1) is 11.8 Å². The fourth-order valence-corrected chi connectivity index (χ4v) is 2.81. The smallest absolute Gasteiger partial charge is 0.145 e. The van der Waals surface area contributed by atoms with Crippen molar-refractivity contribution in [3.63, 3.8) is 0 Å². The van der Waals surface area contributed by atoms with E-state index in [0.717, 1.165) is 36.4 Å². The van der Waals surface area contributed by atoms with E-state index >= 15 is 0 Å². The zero-order valence-electron chi connectivity index (χ0n) is 11.9. The van der Waals surface area contributed by atoms with E-state index < -0.39 is 0 Å². The van der Waals surface area contributed by atoms with Crippen molar-refractivity contribution in [1.82, 2.24) is 9.97 Å². The molecular formula is C14H25N5. The number of aryl methyl sites for hydroxylation is 1. The van der Waals surface area contributed by atoms with Crippen LogP contribution in [0.4, 0.5) is 11.6 Å². The molecule has 2 unspecified atom stereocenters. The molecule has 1 aromatic heterocycles. The van der Waals surface area contributed by atoms with Crippen LogP contribution in [0.3, 0.4) is 0 Å². The number of aromatic nitrogens is 2. The molecule has 4 N–H and O–H groups in total. The largest absolute Gasteiger partial charge is 0.370 e. The van der Waals surface area contributed by atoms with Gasteiger partial charge in [0.25, 0.3) is 0 Å². The third kappa shape index (κ3) is 4.06. The normalized spacial score (nSPS) is 23.1. The van der Waals surface area contributed by atoms with Gasteiger partial charge in [0.1, 0.15) is 17.5 Å². The van der Waals surface area contributed by atoms with Gasteiger partial charge in [-0.15, -0.1) is 0 Å². The number of nitrogens with one attached hydrogen (secondary N) is 2. The van der Waals surface area contributed by atoms with Crippen LogP contribution in [0.1, 0.15) is 45.4 Å². The van der Waals surface area contributed by atoms with Crippen LogP contribution in [-0.2, 0) is 6.42 Å². The number of nitrogen functional groups attached to an aromatic ring is 1. The predicted octanol–water partition coefficient (Wildman–Crippen LogP) is 2.56. The molecule has 0 aliphatic heterocycles. The second-order valence-corrected chi connectivity index (χ2v) is 5.57. The summed E-state index contributed by atoms with van der Waals surface area (Å²) in [6, 6.07) is 1.87. The molecule has 1 aliphatic rings. The summed E-state index contributed by atoms with van der Waals surface area (Å²) in [5, 5.41) is 3.44. The van der Waals surface area contributed by atoms with Crippen molar-refractivity contribution in [1.29, 1.82) is 0 Å². The van der Waals surface area contributed by atoms with Crippen molar-refractivity contribution in [2.24, 2.45) is 17.7 Å². The maximum atomic E-state index is 5.43. The van der Waals surface area contributed by atoms with Crippen molar-refractivity contribution in [3.05, 3.63) is 11.9 Å². The van der Waals surface area contributed by atoms with E-state index in [2.05, 4.69) is 27.6 Å². The average Bonchev–Trinajstić information content (AvgIpc) is 2.44. The second kappa shape index (κ2) is 6.70. The summed E-state index contributed by atoms with van der Waals surface area (Å²) in [5.41, 5.74) is 2.60. The summed E-state index contributed by atoms with van der Waals surface area (Å²) in [7, 11) is 0. The van der Waals surface area contributed by atoms with Gasteiger partial charge in [-0.05, 0) is 24.7 Å². The van der Waals surface area contributed by atoms with Crippen molar-refractivity contribution in [3.8, 4) is 0 Å². The molecule has 0 saturated heterocycles. The Morgan fingerprint density at radius 2 is 2.11 bits per heavy atom. The van der Waals surface area contributed by atoms with Gasteiger partial charge in [-0.3, -0.25) is 0 Å². The van der Waals surface area contributed by atoms with Crippen LogP contribution < -0.4 is 16.6 Å². The Morgan fingerprint density at radius 1 is 1.32 bits per heavy atom. The molecule has 5 nitrogen and oxygen atoms in total. The Labute approximate surface area is 115 Å². The number of nitrogens with two attached hydrogens (primary N) is 1. The number of hydrogen-bond acceptors (Lipinski definition) is 5. The zero-order valence-corrected chi connectivity index (χ0v) is 11.9. The van der Waals surface area contributed by atoms with Gasteiger partial charge >= 0.3 is 0 Å². The molecule has 106 valence electrons. The Kier molecular flexibility index (Phi) is 4.96. The second-order valence-electron chi connectivity index (χ2n) is 5.57. The SMILES string of the molecule is CCc1nc(NN)cc(NCC2CCCC(C)C2)n1. The average molecular weight is 263 g/mol. The summed E-state index contributed by atoms with van der Waals surface area (Å²) < 4.78 is 0. The highest BCUT2D eigenvalue weighted by Gasteiger charge is 2.18. The first-order valence-corrected chi connectivity index (χ1v) is 7.29.